The Kier molecular flexibility index (Phi) is 5.44. The second kappa shape index (κ2) is 8.15. The molecule has 2 amide bonds. The third-order valence-electron chi connectivity index (χ3n) is 5.28. The zero-order valence-electron chi connectivity index (χ0n) is 15.5. The number of rotatable bonds is 5. The number of nitrogens with one attached hydrogen (secondary N) is 1. The summed E-state index contributed by atoms with van der Waals surface area (Å²) in [5, 5.41) is 3.62. The van der Waals surface area contributed by atoms with Crippen molar-refractivity contribution < 1.29 is 9.59 Å². The molecule has 6 heteroatoms. The van der Waals surface area contributed by atoms with Gasteiger partial charge in [-0.05, 0) is 55.5 Å². The van der Waals surface area contributed by atoms with Gasteiger partial charge >= 0.3 is 0 Å². The van der Waals surface area contributed by atoms with Gasteiger partial charge in [0, 0.05) is 17.3 Å². The van der Waals surface area contributed by atoms with Crippen LogP contribution in [0.25, 0.3) is 0 Å². The topological polar surface area (TPSA) is 61.8 Å². The number of carbonyl (C=O) groups excluding carboxylic acids is 2. The predicted octanol–water partition coefficient (Wildman–Crippen LogP) is 3.92. The first kappa shape index (κ1) is 18.7. The van der Waals surface area contributed by atoms with Crippen LogP contribution in [0.3, 0.4) is 0 Å². The molecule has 2 aliphatic rings. The van der Waals surface area contributed by atoms with Gasteiger partial charge in [0.15, 0.2) is 0 Å². The lowest BCUT2D eigenvalue weighted by Gasteiger charge is -2.24. The van der Waals surface area contributed by atoms with Crippen LogP contribution < -0.4 is 10.2 Å². The Hall–Kier alpha value is -2.66. The molecule has 0 spiro atoms. The number of halogens is 1. The van der Waals surface area contributed by atoms with E-state index in [-0.39, 0.29) is 24.3 Å². The zero-order valence-corrected chi connectivity index (χ0v) is 16.3. The first-order valence-electron chi connectivity index (χ1n) is 9.61. The lowest BCUT2D eigenvalue weighted by Crippen LogP contribution is -2.44. The molecule has 5 nitrogen and oxygen atoms in total. The van der Waals surface area contributed by atoms with E-state index in [1.807, 2.05) is 48.5 Å². The maximum absolute atomic E-state index is 13.1. The number of aliphatic imine (C=N–C) groups is 1. The van der Waals surface area contributed by atoms with E-state index in [1.165, 1.54) is 0 Å². The molecule has 2 aromatic rings. The summed E-state index contributed by atoms with van der Waals surface area (Å²) < 4.78 is 0. The van der Waals surface area contributed by atoms with Crippen molar-refractivity contribution in [1.82, 2.24) is 5.32 Å². The highest BCUT2D eigenvalue weighted by Gasteiger charge is 2.36. The Morgan fingerprint density at radius 2 is 1.96 bits per heavy atom. The van der Waals surface area contributed by atoms with Crippen molar-refractivity contribution in [2.45, 2.75) is 25.7 Å². The summed E-state index contributed by atoms with van der Waals surface area (Å²) >= 11 is 5.89. The number of carbonyl (C=O) groups is 2. The average molecular weight is 396 g/mol. The molecule has 1 heterocycles. The van der Waals surface area contributed by atoms with Crippen molar-refractivity contribution in [2.24, 2.45) is 10.9 Å². The van der Waals surface area contributed by atoms with Crippen LogP contribution in [0.4, 0.5) is 11.4 Å². The van der Waals surface area contributed by atoms with Gasteiger partial charge < -0.3 is 10.2 Å². The SMILES string of the molecule is O=C(CN1C(=O)C2CCCC2=Nc2ccccc21)NCCc1ccc(Cl)cc1. The number of hydrogen-bond donors (Lipinski definition) is 1. The highest BCUT2D eigenvalue weighted by molar-refractivity contribution is 6.30. The average Bonchev–Trinajstić information content (AvgIpc) is 3.12. The van der Waals surface area contributed by atoms with E-state index in [0.717, 1.165) is 36.2 Å². The van der Waals surface area contributed by atoms with Gasteiger partial charge in [-0.15, -0.1) is 0 Å². The molecular weight excluding hydrogens is 374 g/mol. The fourth-order valence-corrected chi connectivity index (χ4v) is 3.96. The summed E-state index contributed by atoms with van der Waals surface area (Å²) in [6.45, 7) is 0.519. The summed E-state index contributed by atoms with van der Waals surface area (Å²) in [6.07, 6.45) is 3.34. The normalized spacial score (nSPS) is 18.2. The minimum atomic E-state index is -0.200. The van der Waals surface area contributed by atoms with Crippen molar-refractivity contribution in [2.75, 3.05) is 18.0 Å². The summed E-state index contributed by atoms with van der Waals surface area (Å²) in [5.41, 5.74) is 3.53. The summed E-state index contributed by atoms with van der Waals surface area (Å²) in [5.74, 6) is -0.387. The van der Waals surface area contributed by atoms with Gasteiger partial charge in [-0.2, -0.15) is 0 Å². The smallest absolute Gasteiger partial charge is 0.240 e. The van der Waals surface area contributed by atoms with E-state index in [1.54, 1.807) is 4.90 Å². The van der Waals surface area contributed by atoms with Crippen LogP contribution in [0.2, 0.25) is 5.02 Å². The van der Waals surface area contributed by atoms with E-state index < -0.39 is 0 Å². The van der Waals surface area contributed by atoms with Crippen molar-refractivity contribution in [3.63, 3.8) is 0 Å². The second-order valence-electron chi connectivity index (χ2n) is 7.19. The molecule has 2 aromatic carbocycles. The number of amides is 2. The van der Waals surface area contributed by atoms with Gasteiger partial charge in [-0.1, -0.05) is 35.9 Å². The molecule has 1 unspecified atom stereocenters. The summed E-state index contributed by atoms with van der Waals surface area (Å²) in [7, 11) is 0. The van der Waals surface area contributed by atoms with Gasteiger partial charge in [-0.3, -0.25) is 14.6 Å². The highest BCUT2D eigenvalue weighted by atomic mass is 35.5. The molecule has 0 radical (unpaired) electrons. The Morgan fingerprint density at radius 3 is 2.79 bits per heavy atom. The molecule has 4 rings (SSSR count). The maximum Gasteiger partial charge on any atom is 0.240 e. The number of benzene rings is 2. The Labute approximate surface area is 169 Å². The predicted molar refractivity (Wildman–Crippen MR) is 111 cm³/mol. The molecule has 0 saturated heterocycles. The lowest BCUT2D eigenvalue weighted by molar-refractivity contribution is -0.124. The van der Waals surface area contributed by atoms with Gasteiger partial charge in [0.25, 0.3) is 0 Å². The minimum absolute atomic E-state index is 0.00969. The lowest BCUT2D eigenvalue weighted by atomic mass is 10.1. The van der Waals surface area contributed by atoms with E-state index in [9.17, 15) is 9.59 Å². The number of para-hydroxylation sites is 2. The standard InChI is InChI=1S/C22H22ClN3O2/c23-16-10-8-15(9-11-16)12-13-24-21(27)14-26-20-7-2-1-5-19(20)25-18-6-3-4-17(18)22(26)28/h1-2,5,7-11,17H,3-4,6,12-14H2,(H,24,27). The van der Waals surface area contributed by atoms with Crippen molar-refractivity contribution in [3.05, 3.63) is 59.1 Å². The van der Waals surface area contributed by atoms with E-state index in [0.29, 0.717) is 23.7 Å². The van der Waals surface area contributed by atoms with Gasteiger partial charge in [0.2, 0.25) is 11.8 Å². The van der Waals surface area contributed by atoms with Crippen molar-refractivity contribution >= 4 is 40.5 Å². The molecular formula is C22H22ClN3O2. The summed E-state index contributed by atoms with van der Waals surface area (Å²) in [6, 6.07) is 15.1. The van der Waals surface area contributed by atoms with Crippen LogP contribution in [0, 0.1) is 5.92 Å². The summed E-state index contributed by atoms with van der Waals surface area (Å²) in [4.78, 5) is 32.0. The van der Waals surface area contributed by atoms with Gasteiger partial charge in [0.1, 0.15) is 6.54 Å². The maximum atomic E-state index is 13.1. The van der Waals surface area contributed by atoms with Crippen LogP contribution in [-0.2, 0) is 16.0 Å². The Bertz CT molecular complexity index is 924. The van der Waals surface area contributed by atoms with E-state index in [4.69, 9.17) is 16.6 Å². The van der Waals surface area contributed by atoms with Crippen LogP contribution in [-0.4, -0.2) is 30.6 Å². The fraction of sp³-hybridized carbons (Fsp3) is 0.318. The third-order valence-corrected chi connectivity index (χ3v) is 5.53. The van der Waals surface area contributed by atoms with Crippen LogP contribution in [0.15, 0.2) is 53.5 Å². The first-order valence-corrected chi connectivity index (χ1v) is 9.98. The molecule has 1 N–H and O–H groups in total. The van der Waals surface area contributed by atoms with Crippen LogP contribution >= 0.6 is 11.6 Å². The van der Waals surface area contributed by atoms with E-state index >= 15 is 0 Å². The minimum Gasteiger partial charge on any atom is -0.354 e. The Morgan fingerprint density at radius 1 is 1.18 bits per heavy atom. The molecule has 1 fully saturated rings. The first-order chi connectivity index (χ1) is 13.6. The van der Waals surface area contributed by atoms with Crippen molar-refractivity contribution in [1.29, 1.82) is 0 Å². The Balaban J connectivity index is 1.43. The molecule has 1 aliphatic heterocycles. The van der Waals surface area contributed by atoms with Crippen LogP contribution in [0.5, 0.6) is 0 Å². The monoisotopic (exact) mass is 395 g/mol. The molecule has 1 saturated carbocycles. The van der Waals surface area contributed by atoms with Crippen molar-refractivity contribution in [3.8, 4) is 0 Å². The number of fused-ring (bicyclic) bond motifs is 2. The quantitative estimate of drug-likeness (QED) is 0.834. The number of anilines is 1. The van der Waals surface area contributed by atoms with Gasteiger partial charge in [-0.25, -0.2) is 0 Å². The third kappa shape index (κ3) is 3.94. The zero-order chi connectivity index (χ0) is 19.5. The molecule has 0 bridgehead atoms. The van der Waals surface area contributed by atoms with Crippen LogP contribution in [0.1, 0.15) is 24.8 Å². The number of nitrogens with zero attached hydrogens (tertiary/aromatic N) is 2. The van der Waals surface area contributed by atoms with Gasteiger partial charge in [0.05, 0.1) is 17.3 Å². The highest BCUT2D eigenvalue weighted by Crippen LogP contribution is 2.37. The molecule has 1 atom stereocenters. The molecule has 28 heavy (non-hydrogen) atoms. The largest absolute Gasteiger partial charge is 0.354 e. The number of hydrogen-bond acceptors (Lipinski definition) is 3. The molecule has 144 valence electrons. The van der Waals surface area contributed by atoms with E-state index in [2.05, 4.69) is 5.32 Å². The second-order valence-corrected chi connectivity index (χ2v) is 7.62. The fourth-order valence-electron chi connectivity index (χ4n) is 3.84. The molecule has 1 aliphatic carbocycles. The molecule has 0 aromatic heterocycles.